The number of hydrogen-bond donors (Lipinski definition) is 0. The lowest BCUT2D eigenvalue weighted by molar-refractivity contribution is -0.151. The minimum Gasteiger partial charge on any atom is -0.466 e. The largest absolute Gasteiger partial charge is 0.466 e. The first-order chi connectivity index (χ1) is 15.2. The van der Waals surface area contributed by atoms with Crippen LogP contribution in [0.4, 0.5) is 0 Å². The normalized spacial score (nSPS) is 17.9. The van der Waals surface area contributed by atoms with Gasteiger partial charge in [0.2, 0.25) is 10.0 Å². The van der Waals surface area contributed by atoms with Crippen molar-refractivity contribution in [1.29, 1.82) is 0 Å². The molecular formula is C21H27ClN2O7S. The van der Waals surface area contributed by atoms with Crippen molar-refractivity contribution >= 4 is 39.5 Å². The van der Waals surface area contributed by atoms with Crippen LogP contribution in [0.25, 0.3) is 0 Å². The van der Waals surface area contributed by atoms with Gasteiger partial charge in [-0.2, -0.15) is 4.31 Å². The zero-order chi connectivity index (χ0) is 23.3. The van der Waals surface area contributed by atoms with Crippen LogP contribution in [-0.4, -0.2) is 74.9 Å². The molecule has 2 saturated heterocycles. The molecular weight excluding hydrogens is 460 g/mol. The molecule has 1 aromatic carbocycles. The summed E-state index contributed by atoms with van der Waals surface area (Å²) < 4.78 is 37.1. The first kappa shape index (κ1) is 24.5. The van der Waals surface area contributed by atoms with Gasteiger partial charge in [0.1, 0.15) is 4.90 Å². The molecule has 3 rings (SSSR count). The zero-order valence-electron chi connectivity index (χ0n) is 17.9. The Kier molecular flexibility index (Phi) is 8.13. The van der Waals surface area contributed by atoms with Gasteiger partial charge in [0, 0.05) is 26.2 Å². The highest BCUT2D eigenvalue weighted by atomic mass is 35.5. The Bertz CT molecular complexity index is 968. The summed E-state index contributed by atoms with van der Waals surface area (Å²) in [5.74, 6) is -1.67. The van der Waals surface area contributed by atoms with Crippen LogP contribution in [0, 0.1) is 5.92 Å². The van der Waals surface area contributed by atoms with Gasteiger partial charge in [-0.05, 0) is 50.8 Å². The number of carbonyl (C=O) groups excluding carboxylic acids is 3. The minimum atomic E-state index is -3.81. The van der Waals surface area contributed by atoms with Gasteiger partial charge in [-0.15, -0.1) is 0 Å². The van der Waals surface area contributed by atoms with E-state index >= 15 is 0 Å². The number of amides is 1. The van der Waals surface area contributed by atoms with E-state index in [1.807, 2.05) is 0 Å². The first-order valence-electron chi connectivity index (χ1n) is 10.6. The summed E-state index contributed by atoms with van der Waals surface area (Å²) in [6, 6.07) is 3.89. The zero-order valence-corrected chi connectivity index (χ0v) is 19.5. The second kappa shape index (κ2) is 10.6. The Hall–Kier alpha value is -2.17. The van der Waals surface area contributed by atoms with Crippen LogP contribution in [0.3, 0.4) is 0 Å². The molecule has 0 bridgehead atoms. The molecule has 2 heterocycles. The van der Waals surface area contributed by atoms with Gasteiger partial charge in [0.05, 0.1) is 23.1 Å². The Morgan fingerprint density at radius 2 is 1.72 bits per heavy atom. The van der Waals surface area contributed by atoms with E-state index < -0.39 is 22.6 Å². The van der Waals surface area contributed by atoms with Crippen LogP contribution < -0.4 is 0 Å². The first-order valence-corrected chi connectivity index (χ1v) is 12.5. The van der Waals surface area contributed by atoms with Crippen LogP contribution in [0.1, 0.15) is 43.0 Å². The van der Waals surface area contributed by atoms with E-state index in [2.05, 4.69) is 0 Å². The van der Waals surface area contributed by atoms with Crippen molar-refractivity contribution < 1.29 is 32.3 Å². The molecule has 1 amide bonds. The number of ether oxygens (including phenoxy) is 2. The molecule has 0 radical (unpaired) electrons. The van der Waals surface area contributed by atoms with E-state index in [1.165, 1.54) is 27.4 Å². The van der Waals surface area contributed by atoms with Crippen molar-refractivity contribution in [3.63, 3.8) is 0 Å². The summed E-state index contributed by atoms with van der Waals surface area (Å²) in [6.07, 6.45) is 2.54. The van der Waals surface area contributed by atoms with Gasteiger partial charge in [0.15, 0.2) is 6.61 Å². The van der Waals surface area contributed by atoms with Crippen LogP contribution in [0.5, 0.6) is 0 Å². The molecule has 0 aromatic heterocycles. The lowest BCUT2D eigenvalue weighted by Gasteiger charge is -2.30. The average molecular weight is 487 g/mol. The topological polar surface area (TPSA) is 110 Å². The number of rotatable bonds is 7. The molecule has 2 aliphatic heterocycles. The molecule has 0 spiro atoms. The second-order valence-corrected chi connectivity index (χ2v) is 10.1. The highest BCUT2D eigenvalue weighted by Gasteiger charge is 2.31. The molecule has 2 fully saturated rings. The maximum Gasteiger partial charge on any atom is 0.338 e. The second-order valence-electron chi connectivity index (χ2n) is 7.74. The Balaban J connectivity index is 1.57. The SMILES string of the molecule is CCOC(=O)C1CCN(C(=O)COC(=O)c2ccc(Cl)c(S(=O)(=O)N3CCCC3)c2)CC1. The quantitative estimate of drug-likeness (QED) is 0.542. The fourth-order valence-electron chi connectivity index (χ4n) is 3.82. The van der Waals surface area contributed by atoms with Crippen molar-refractivity contribution in [2.45, 2.75) is 37.5 Å². The van der Waals surface area contributed by atoms with Crippen molar-refractivity contribution in [3.05, 3.63) is 28.8 Å². The highest BCUT2D eigenvalue weighted by Crippen LogP contribution is 2.28. The molecule has 0 saturated carbocycles. The molecule has 1 aromatic rings. The molecule has 2 aliphatic rings. The molecule has 11 heteroatoms. The average Bonchev–Trinajstić information content (AvgIpc) is 3.33. The van der Waals surface area contributed by atoms with Gasteiger partial charge in [0.25, 0.3) is 5.91 Å². The number of esters is 2. The van der Waals surface area contributed by atoms with Crippen molar-refractivity contribution in [1.82, 2.24) is 9.21 Å². The van der Waals surface area contributed by atoms with E-state index in [0.717, 1.165) is 12.8 Å². The maximum absolute atomic E-state index is 12.8. The van der Waals surface area contributed by atoms with E-state index in [4.69, 9.17) is 21.1 Å². The van der Waals surface area contributed by atoms with Gasteiger partial charge in [-0.1, -0.05) is 11.6 Å². The number of likely N-dealkylation sites (tertiary alicyclic amines) is 1. The predicted molar refractivity (Wildman–Crippen MR) is 116 cm³/mol. The molecule has 9 nitrogen and oxygen atoms in total. The van der Waals surface area contributed by atoms with Crippen molar-refractivity contribution in [3.8, 4) is 0 Å². The molecule has 176 valence electrons. The van der Waals surface area contributed by atoms with Crippen molar-refractivity contribution in [2.24, 2.45) is 5.92 Å². The third-order valence-electron chi connectivity index (χ3n) is 5.64. The number of carbonyl (C=O) groups is 3. The van der Waals surface area contributed by atoms with E-state index in [9.17, 15) is 22.8 Å². The Morgan fingerprint density at radius 1 is 1.06 bits per heavy atom. The summed E-state index contributed by atoms with van der Waals surface area (Å²) in [6.45, 7) is 3.16. The minimum absolute atomic E-state index is 0.000918. The van der Waals surface area contributed by atoms with Gasteiger partial charge < -0.3 is 14.4 Å². The lowest BCUT2D eigenvalue weighted by Crippen LogP contribution is -2.42. The van der Waals surface area contributed by atoms with Crippen LogP contribution in [0.2, 0.25) is 5.02 Å². The molecule has 0 unspecified atom stereocenters. The number of nitrogens with zero attached hydrogens (tertiary/aromatic N) is 2. The smallest absolute Gasteiger partial charge is 0.338 e. The summed E-state index contributed by atoms with van der Waals surface area (Å²) in [5.41, 5.74) is 0.000918. The Morgan fingerprint density at radius 3 is 2.34 bits per heavy atom. The number of halogens is 1. The highest BCUT2D eigenvalue weighted by molar-refractivity contribution is 7.89. The number of sulfonamides is 1. The number of benzene rings is 1. The summed E-state index contributed by atoms with van der Waals surface area (Å²) in [7, 11) is -3.81. The van der Waals surface area contributed by atoms with Gasteiger partial charge in [-0.3, -0.25) is 9.59 Å². The van der Waals surface area contributed by atoms with Gasteiger partial charge >= 0.3 is 11.9 Å². The summed E-state index contributed by atoms with van der Waals surface area (Å²) >= 11 is 6.10. The third kappa shape index (κ3) is 5.60. The summed E-state index contributed by atoms with van der Waals surface area (Å²) in [4.78, 5) is 38.0. The van der Waals surface area contributed by atoms with Crippen LogP contribution in [-0.2, 0) is 29.1 Å². The monoisotopic (exact) mass is 486 g/mol. The van der Waals surface area contributed by atoms with E-state index in [0.29, 0.717) is 45.6 Å². The van der Waals surface area contributed by atoms with Crippen LogP contribution >= 0.6 is 11.6 Å². The number of hydrogen-bond acceptors (Lipinski definition) is 7. The Labute approximate surface area is 192 Å². The molecule has 0 aliphatic carbocycles. The standard InChI is InChI=1S/C21H27ClN2O7S/c1-2-30-20(26)15-7-11-23(12-8-15)19(25)14-31-21(27)16-5-6-17(22)18(13-16)32(28,29)24-9-3-4-10-24/h5-6,13,15H,2-4,7-12,14H2,1H3. The molecule has 0 atom stereocenters. The van der Waals surface area contributed by atoms with Gasteiger partial charge in [-0.25, -0.2) is 13.2 Å². The summed E-state index contributed by atoms with van der Waals surface area (Å²) in [5, 5.41) is 0.0222. The fourth-order valence-corrected chi connectivity index (χ4v) is 5.84. The third-order valence-corrected chi connectivity index (χ3v) is 8.02. The van der Waals surface area contributed by atoms with Crippen molar-refractivity contribution in [2.75, 3.05) is 39.4 Å². The van der Waals surface area contributed by atoms with E-state index in [1.54, 1.807) is 6.92 Å². The maximum atomic E-state index is 12.8. The van der Waals surface area contributed by atoms with E-state index in [-0.39, 0.29) is 33.3 Å². The van der Waals surface area contributed by atoms with Crippen LogP contribution in [0.15, 0.2) is 23.1 Å². The number of piperidine rings is 1. The predicted octanol–water partition coefficient (Wildman–Crippen LogP) is 2.08. The fraction of sp³-hybridized carbons (Fsp3) is 0.571. The molecule has 32 heavy (non-hydrogen) atoms. The lowest BCUT2D eigenvalue weighted by atomic mass is 9.97. The molecule has 0 N–H and O–H groups in total.